The molecule has 0 aliphatic rings. The predicted octanol–water partition coefficient (Wildman–Crippen LogP) is 4.26. The Bertz CT molecular complexity index is 1210. The van der Waals surface area contributed by atoms with E-state index in [1.54, 1.807) is 25.4 Å². The highest BCUT2D eigenvalue weighted by Gasteiger charge is 2.09. The van der Waals surface area contributed by atoms with Crippen LogP contribution in [0.3, 0.4) is 0 Å². The van der Waals surface area contributed by atoms with Gasteiger partial charge in [0.25, 0.3) is 5.91 Å². The van der Waals surface area contributed by atoms with E-state index in [0.29, 0.717) is 31.3 Å². The quantitative estimate of drug-likeness (QED) is 0.167. The summed E-state index contributed by atoms with van der Waals surface area (Å²) in [5.74, 6) is 0.682. The van der Waals surface area contributed by atoms with Crippen LogP contribution < -0.4 is 16.0 Å². The van der Waals surface area contributed by atoms with Crippen LogP contribution in [0, 0.1) is 0 Å². The van der Waals surface area contributed by atoms with Crippen molar-refractivity contribution in [3.05, 3.63) is 108 Å². The molecule has 0 aliphatic heterocycles. The molecule has 0 radical (unpaired) electrons. The van der Waals surface area contributed by atoms with Crippen LogP contribution in [0.15, 0.2) is 94.8 Å². The molecule has 0 saturated heterocycles. The smallest absolute Gasteiger partial charge is 0.291 e. The van der Waals surface area contributed by atoms with Gasteiger partial charge in [-0.2, -0.15) is 5.10 Å². The first-order valence-electron chi connectivity index (χ1n) is 10.6. The summed E-state index contributed by atoms with van der Waals surface area (Å²) in [7, 11) is 1.74. The third-order valence-electron chi connectivity index (χ3n) is 5.07. The molecule has 2 aromatic heterocycles. The summed E-state index contributed by atoms with van der Waals surface area (Å²) in [6.07, 6.45) is 5.21. The molecule has 0 fully saturated rings. The molecule has 34 heavy (non-hydrogen) atoms. The van der Waals surface area contributed by atoms with E-state index in [9.17, 15) is 4.79 Å². The van der Waals surface area contributed by atoms with Crippen LogP contribution in [0.2, 0.25) is 0 Å². The molecule has 0 unspecified atom stereocenters. The van der Waals surface area contributed by atoms with Crippen molar-refractivity contribution < 1.29 is 9.21 Å². The Balaban J connectivity index is 0.00000324. The lowest BCUT2D eigenvalue weighted by Gasteiger charge is -2.15. The van der Waals surface area contributed by atoms with Gasteiger partial charge in [-0.15, -0.1) is 24.0 Å². The van der Waals surface area contributed by atoms with Gasteiger partial charge in [0, 0.05) is 38.2 Å². The van der Waals surface area contributed by atoms with Crippen molar-refractivity contribution in [3.63, 3.8) is 0 Å². The number of nitrogens with one attached hydrogen (secondary N) is 3. The summed E-state index contributed by atoms with van der Waals surface area (Å²) in [6, 6.07) is 21.2. The molecule has 1 amide bonds. The monoisotopic (exact) mass is 570 g/mol. The Morgan fingerprint density at radius 1 is 1.00 bits per heavy atom. The number of carbonyl (C=O) groups is 1. The minimum Gasteiger partial charge on any atom is -0.459 e. The number of aromatic nitrogens is 2. The Labute approximate surface area is 215 Å². The average molecular weight is 570 g/mol. The number of nitrogens with zero attached hydrogens (tertiary/aromatic N) is 3. The Morgan fingerprint density at radius 3 is 2.56 bits per heavy atom. The fraction of sp³-hybridized carbons (Fsp3) is 0.160. The summed E-state index contributed by atoms with van der Waals surface area (Å²) in [5, 5.41) is 13.8. The number of anilines is 1. The maximum atomic E-state index is 12.2. The van der Waals surface area contributed by atoms with Crippen LogP contribution in [0.5, 0.6) is 0 Å². The van der Waals surface area contributed by atoms with Crippen molar-refractivity contribution in [3.8, 4) is 0 Å². The van der Waals surface area contributed by atoms with Gasteiger partial charge in [-0.05, 0) is 47.0 Å². The number of hydrogen-bond donors (Lipinski definition) is 3. The van der Waals surface area contributed by atoms with Crippen LogP contribution >= 0.6 is 24.0 Å². The second-order valence-electron chi connectivity index (χ2n) is 7.38. The lowest BCUT2D eigenvalue weighted by Crippen LogP contribution is -2.36. The first-order chi connectivity index (χ1) is 16.2. The molecule has 8 nitrogen and oxygen atoms in total. The van der Waals surface area contributed by atoms with E-state index < -0.39 is 0 Å². The van der Waals surface area contributed by atoms with Crippen molar-refractivity contribution in [1.29, 1.82) is 0 Å². The van der Waals surface area contributed by atoms with Crippen LogP contribution in [0.4, 0.5) is 5.69 Å². The molecule has 0 spiro atoms. The number of benzene rings is 2. The first kappa shape index (κ1) is 25.0. The van der Waals surface area contributed by atoms with Crippen molar-refractivity contribution in [2.24, 2.45) is 4.99 Å². The lowest BCUT2D eigenvalue weighted by molar-refractivity contribution is 0.0996. The van der Waals surface area contributed by atoms with Crippen molar-refractivity contribution in [2.75, 3.05) is 12.4 Å². The number of amides is 1. The third-order valence-corrected chi connectivity index (χ3v) is 5.07. The van der Waals surface area contributed by atoms with Crippen LogP contribution in [-0.2, 0) is 19.6 Å². The molecule has 2 aromatic carbocycles. The first-order valence-corrected chi connectivity index (χ1v) is 10.6. The molecular weight excluding hydrogens is 543 g/mol. The van der Waals surface area contributed by atoms with E-state index in [1.165, 1.54) is 17.4 Å². The second-order valence-corrected chi connectivity index (χ2v) is 7.38. The van der Waals surface area contributed by atoms with Crippen molar-refractivity contribution >= 4 is 41.5 Å². The Morgan fingerprint density at radius 2 is 1.82 bits per heavy atom. The number of furan rings is 1. The van der Waals surface area contributed by atoms with E-state index in [-0.39, 0.29) is 35.6 Å². The molecule has 9 heteroatoms. The lowest BCUT2D eigenvalue weighted by atomic mass is 10.1. The van der Waals surface area contributed by atoms with E-state index in [2.05, 4.69) is 38.2 Å². The highest BCUT2D eigenvalue weighted by atomic mass is 127. The van der Waals surface area contributed by atoms with E-state index in [0.717, 1.165) is 5.56 Å². The van der Waals surface area contributed by atoms with Crippen molar-refractivity contribution in [1.82, 2.24) is 20.4 Å². The summed E-state index contributed by atoms with van der Waals surface area (Å²) in [6.45, 7) is 1.91. The standard InChI is InChI=1S/C25H26N6O2.HI/c1-26-25(28-17-20-8-2-3-9-21(20)18-31-13-6-12-29-31)27-16-19-7-4-10-22(15-19)30-24(32)23-11-5-14-33-23;/h2-15H,16-18H2,1H3,(H,30,32)(H2,26,27,28);1H. The molecular formula is C25H27IN6O2. The average Bonchev–Trinajstić information content (AvgIpc) is 3.55. The van der Waals surface area contributed by atoms with Crippen molar-refractivity contribution in [2.45, 2.75) is 19.6 Å². The third kappa shape index (κ3) is 6.95. The molecule has 4 aromatic rings. The Hall–Kier alpha value is -3.60. The molecule has 0 saturated carbocycles. The van der Waals surface area contributed by atoms with Gasteiger partial charge in [0.2, 0.25) is 0 Å². The maximum absolute atomic E-state index is 12.2. The molecule has 176 valence electrons. The topological polar surface area (TPSA) is 96.5 Å². The molecule has 2 heterocycles. The van der Waals surface area contributed by atoms with Gasteiger partial charge in [0.05, 0.1) is 12.8 Å². The van der Waals surface area contributed by atoms with Crippen LogP contribution in [0.25, 0.3) is 0 Å². The number of rotatable bonds is 8. The van der Waals surface area contributed by atoms with Crippen LogP contribution in [0.1, 0.15) is 27.2 Å². The maximum Gasteiger partial charge on any atom is 0.291 e. The fourth-order valence-electron chi connectivity index (χ4n) is 3.40. The van der Waals surface area contributed by atoms with Gasteiger partial charge in [0.15, 0.2) is 11.7 Å². The summed E-state index contributed by atoms with van der Waals surface area (Å²) in [4.78, 5) is 16.5. The number of aliphatic imine (C=N–C) groups is 1. The van der Waals surface area contributed by atoms with E-state index in [4.69, 9.17) is 4.42 Å². The minimum absolute atomic E-state index is 0. The summed E-state index contributed by atoms with van der Waals surface area (Å²) >= 11 is 0. The van der Waals surface area contributed by atoms with E-state index in [1.807, 2.05) is 53.3 Å². The Kier molecular flexibility index (Phi) is 9.27. The SMILES string of the molecule is CN=C(NCc1cccc(NC(=O)c2ccco2)c1)NCc1ccccc1Cn1cccn1.I. The predicted molar refractivity (Wildman–Crippen MR) is 143 cm³/mol. The number of guanidine groups is 1. The summed E-state index contributed by atoms with van der Waals surface area (Å²) < 4.78 is 7.05. The molecule has 3 N–H and O–H groups in total. The highest BCUT2D eigenvalue weighted by molar-refractivity contribution is 14.0. The fourth-order valence-corrected chi connectivity index (χ4v) is 3.40. The largest absolute Gasteiger partial charge is 0.459 e. The molecule has 4 rings (SSSR count). The molecule has 0 aliphatic carbocycles. The van der Waals surface area contributed by atoms with Gasteiger partial charge in [0.1, 0.15) is 0 Å². The van der Waals surface area contributed by atoms with Gasteiger partial charge in [-0.1, -0.05) is 36.4 Å². The molecule has 0 atom stereocenters. The highest BCUT2D eigenvalue weighted by Crippen LogP contribution is 2.13. The normalized spacial score (nSPS) is 10.9. The van der Waals surface area contributed by atoms with Gasteiger partial charge < -0.3 is 20.4 Å². The number of carbonyl (C=O) groups excluding carboxylic acids is 1. The zero-order valence-electron chi connectivity index (χ0n) is 18.8. The molecule has 0 bridgehead atoms. The zero-order valence-corrected chi connectivity index (χ0v) is 21.1. The number of hydrogen-bond acceptors (Lipinski definition) is 4. The number of halogens is 1. The van der Waals surface area contributed by atoms with E-state index >= 15 is 0 Å². The summed E-state index contributed by atoms with van der Waals surface area (Å²) in [5.41, 5.74) is 4.09. The second kappa shape index (κ2) is 12.6. The zero-order chi connectivity index (χ0) is 22.9. The minimum atomic E-state index is -0.281. The van der Waals surface area contributed by atoms with Crippen LogP contribution in [-0.4, -0.2) is 28.7 Å². The van der Waals surface area contributed by atoms with Gasteiger partial charge >= 0.3 is 0 Å². The van der Waals surface area contributed by atoms with Gasteiger partial charge in [-0.25, -0.2) is 0 Å². The van der Waals surface area contributed by atoms with Gasteiger partial charge in [-0.3, -0.25) is 14.5 Å².